The minimum Gasteiger partial charge on any atom is -0.379 e. The summed E-state index contributed by atoms with van der Waals surface area (Å²) in [6.07, 6.45) is 11.4. The minimum absolute atomic E-state index is 0.123. The molecule has 35 heavy (non-hydrogen) atoms. The van der Waals surface area contributed by atoms with Crippen molar-refractivity contribution in [3.8, 4) is 0 Å². The molecule has 0 aromatic carbocycles. The summed E-state index contributed by atoms with van der Waals surface area (Å²) in [5.41, 5.74) is 0. The standard InChI is InChI=1S/C28H55NO6/c1-6-10-14-18-31-22-24-26(32-19-15-11-7-2)27(33-20-16-12-8-3)25(29-23(5)30)28(35-24)34-21-17-13-9-4/h24-28H,6-22H2,1-5H3,(H,29,30)/t24-,25+,26-,27-,28?/m1/s1. The number of ether oxygens (including phenoxy) is 5. The quantitative estimate of drug-likeness (QED) is 0.190. The zero-order chi connectivity index (χ0) is 25.7. The number of rotatable bonds is 22. The van der Waals surface area contributed by atoms with Crippen molar-refractivity contribution in [3.05, 3.63) is 0 Å². The van der Waals surface area contributed by atoms with Crippen LogP contribution in [0, 0.1) is 0 Å². The van der Waals surface area contributed by atoms with Crippen molar-refractivity contribution in [1.29, 1.82) is 0 Å². The van der Waals surface area contributed by atoms with Crippen molar-refractivity contribution in [2.75, 3.05) is 33.0 Å². The zero-order valence-electron chi connectivity index (χ0n) is 23.4. The van der Waals surface area contributed by atoms with Crippen molar-refractivity contribution in [2.45, 2.75) is 142 Å². The van der Waals surface area contributed by atoms with E-state index in [1.54, 1.807) is 0 Å². The second kappa shape index (κ2) is 21.4. The molecule has 0 spiro atoms. The SMILES string of the molecule is CCCCCOC[C@H]1OC(OCCCCC)[C@@H](NC(C)=O)[C@@H](OCCCCC)[C@@H]1OCCCCC. The minimum atomic E-state index is -0.591. The van der Waals surface area contributed by atoms with Gasteiger partial charge in [-0.3, -0.25) is 4.79 Å². The molecule has 0 saturated carbocycles. The number of nitrogens with one attached hydrogen (secondary N) is 1. The van der Waals surface area contributed by atoms with Gasteiger partial charge < -0.3 is 29.0 Å². The predicted octanol–water partition coefficient (Wildman–Crippen LogP) is 5.78. The Kier molecular flexibility index (Phi) is 19.7. The molecule has 1 aliphatic rings. The molecule has 1 saturated heterocycles. The van der Waals surface area contributed by atoms with Crippen LogP contribution in [0.5, 0.6) is 0 Å². The van der Waals surface area contributed by atoms with E-state index in [4.69, 9.17) is 23.7 Å². The topological polar surface area (TPSA) is 75.2 Å². The summed E-state index contributed by atoms with van der Waals surface area (Å²) in [5.74, 6) is -0.123. The lowest BCUT2D eigenvalue weighted by Crippen LogP contribution is -2.66. The maximum Gasteiger partial charge on any atom is 0.217 e. The van der Waals surface area contributed by atoms with E-state index in [0.29, 0.717) is 33.0 Å². The van der Waals surface area contributed by atoms with E-state index in [1.807, 2.05) is 0 Å². The van der Waals surface area contributed by atoms with Gasteiger partial charge in [0.05, 0.1) is 6.61 Å². The van der Waals surface area contributed by atoms with Crippen molar-refractivity contribution in [2.24, 2.45) is 0 Å². The van der Waals surface area contributed by atoms with Crippen LogP contribution in [0.2, 0.25) is 0 Å². The molecule has 0 radical (unpaired) electrons. The van der Waals surface area contributed by atoms with Crippen molar-refractivity contribution in [3.63, 3.8) is 0 Å². The number of carbonyl (C=O) groups excluding carboxylic acids is 1. The third-order valence-corrected chi connectivity index (χ3v) is 6.34. The van der Waals surface area contributed by atoms with E-state index >= 15 is 0 Å². The summed E-state index contributed by atoms with van der Waals surface area (Å²) in [5, 5.41) is 3.07. The molecule has 1 rings (SSSR count). The molecular formula is C28H55NO6. The van der Waals surface area contributed by atoms with E-state index < -0.39 is 12.3 Å². The first-order valence-electron chi connectivity index (χ1n) is 14.4. The van der Waals surface area contributed by atoms with Gasteiger partial charge in [0.15, 0.2) is 6.29 Å². The normalized spacial score (nSPS) is 24.5. The van der Waals surface area contributed by atoms with E-state index in [1.165, 1.54) is 6.92 Å². The smallest absolute Gasteiger partial charge is 0.217 e. The summed E-state index contributed by atoms with van der Waals surface area (Å²) in [6.45, 7) is 13.2. The van der Waals surface area contributed by atoms with Crippen molar-refractivity contribution >= 4 is 5.91 Å². The third-order valence-electron chi connectivity index (χ3n) is 6.34. The molecule has 1 unspecified atom stereocenters. The molecular weight excluding hydrogens is 446 g/mol. The Morgan fingerprint density at radius 1 is 0.686 bits per heavy atom. The summed E-state index contributed by atoms with van der Waals surface area (Å²) in [4.78, 5) is 12.2. The largest absolute Gasteiger partial charge is 0.379 e. The van der Waals surface area contributed by atoms with Crippen LogP contribution in [0.1, 0.15) is 112 Å². The number of hydrogen-bond acceptors (Lipinski definition) is 6. The number of carbonyl (C=O) groups is 1. The fourth-order valence-corrected chi connectivity index (χ4v) is 4.32. The van der Waals surface area contributed by atoms with E-state index in [0.717, 1.165) is 77.0 Å². The molecule has 7 nitrogen and oxygen atoms in total. The van der Waals surface area contributed by atoms with Crippen molar-refractivity contribution in [1.82, 2.24) is 5.32 Å². The van der Waals surface area contributed by atoms with Crippen LogP contribution in [0.4, 0.5) is 0 Å². The number of hydrogen-bond donors (Lipinski definition) is 1. The van der Waals surface area contributed by atoms with Crippen LogP contribution in [-0.2, 0) is 28.5 Å². The number of amides is 1. The molecule has 1 amide bonds. The highest BCUT2D eigenvalue weighted by molar-refractivity contribution is 5.73. The second-order valence-corrected chi connectivity index (χ2v) is 9.71. The van der Waals surface area contributed by atoms with Gasteiger partial charge >= 0.3 is 0 Å². The molecule has 208 valence electrons. The lowest BCUT2D eigenvalue weighted by Gasteiger charge is -2.46. The van der Waals surface area contributed by atoms with Crippen LogP contribution in [0.25, 0.3) is 0 Å². The number of unbranched alkanes of at least 4 members (excludes halogenated alkanes) is 8. The zero-order valence-corrected chi connectivity index (χ0v) is 23.4. The molecule has 7 heteroatoms. The molecule has 0 bridgehead atoms. The fourth-order valence-electron chi connectivity index (χ4n) is 4.32. The molecule has 1 fully saturated rings. The molecule has 1 aliphatic heterocycles. The molecule has 1 heterocycles. The molecule has 0 aromatic heterocycles. The van der Waals surface area contributed by atoms with Gasteiger partial charge in [-0.05, 0) is 25.7 Å². The lowest BCUT2D eigenvalue weighted by atomic mass is 9.96. The van der Waals surface area contributed by atoms with Crippen LogP contribution in [-0.4, -0.2) is 69.6 Å². The Labute approximate surface area is 215 Å². The van der Waals surface area contributed by atoms with Gasteiger partial charge in [-0.15, -0.1) is 0 Å². The van der Waals surface area contributed by atoms with Crippen LogP contribution >= 0.6 is 0 Å². The van der Waals surface area contributed by atoms with Crippen LogP contribution < -0.4 is 5.32 Å². The average Bonchev–Trinajstić information content (AvgIpc) is 2.84. The predicted molar refractivity (Wildman–Crippen MR) is 141 cm³/mol. The second-order valence-electron chi connectivity index (χ2n) is 9.71. The van der Waals surface area contributed by atoms with E-state index in [9.17, 15) is 4.79 Å². The summed E-state index contributed by atoms with van der Waals surface area (Å²) >= 11 is 0. The fraction of sp³-hybridized carbons (Fsp3) is 0.964. The van der Waals surface area contributed by atoms with Gasteiger partial charge in [-0.25, -0.2) is 0 Å². The molecule has 5 atom stereocenters. The lowest BCUT2D eigenvalue weighted by molar-refractivity contribution is -0.287. The van der Waals surface area contributed by atoms with Crippen LogP contribution in [0.15, 0.2) is 0 Å². The first kappa shape index (κ1) is 32.3. The maximum atomic E-state index is 12.2. The molecule has 1 N–H and O–H groups in total. The highest BCUT2D eigenvalue weighted by atomic mass is 16.7. The summed E-state index contributed by atoms with van der Waals surface area (Å²) < 4.78 is 31.5. The van der Waals surface area contributed by atoms with Gasteiger partial charge in [-0.2, -0.15) is 0 Å². The Hall–Kier alpha value is -0.730. The van der Waals surface area contributed by atoms with E-state index in [-0.39, 0.29) is 24.2 Å². The first-order chi connectivity index (χ1) is 17.1. The highest BCUT2D eigenvalue weighted by Gasteiger charge is 2.48. The Bertz CT molecular complexity index is 506. The summed E-state index contributed by atoms with van der Waals surface area (Å²) in [7, 11) is 0. The first-order valence-corrected chi connectivity index (χ1v) is 14.4. The average molecular weight is 502 g/mol. The monoisotopic (exact) mass is 501 g/mol. The summed E-state index contributed by atoms with van der Waals surface area (Å²) in [6, 6.07) is -0.428. The van der Waals surface area contributed by atoms with Gasteiger partial charge in [0, 0.05) is 33.4 Å². The van der Waals surface area contributed by atoms with E-state index in [2.05, 4.69) is 33.0 Å². The Morgan fingerprint density at radius 3 is 1.69 bits per heavy atom. The Balaban J connectivity index is 3.04. The molecule has 0 aromatic rings. The van der Waals surface area contributed by atoms with Gasteiger partial charge in [0.2, 0.25) is 5.91 Å². The molecule has 0 aliphatic carbocycles. The van der Waals surface area contributed by atoms with Gasteiger partial charge in [0.25, 0.3) is 0 Å². The highest BCUT2D eigenvalue weighted by Crippen LogP contribution is 2.28. The maximum absolute atomic E-state index is 12.2. The van der Waals surface area contributed by atoms with Crippen molar-refractivity contribution < 1.29 is 28.5 Å². The van der Waals surface area contributed by atoms with Gasteiger partial charge in [0.1, 0.15) is 24.4 Å². The van der Waals surface area contributed by atoms with Gasteiger partial charge in [-0.1, -0.05) is 79.1 Å². The third kappa shape index (κ3) is 14.0. The van der Waals surface area contributed by atoms with Crippen LogP contribution in [0.3, 0.4) is 0 Å². The Morgan fingerprint density at radius 2 is 1.17 bits per heavy atom.